The van der Waals surface area contributed by atoms with E-state index in [1.165, 1.54) is 0 Å². The predicted octanol–water partition coefficient (Wildman–Crippen LogP) is 3.47. The molecule has 0 amide bonds. The van der Waals surface area contributed by atoms with Gasteiger partial charge in [0.25, 0.3) is 0 Å². The molecule has 1 aliphatic heterocycles. The third kappa shape index (κ3) is 2.07. The second-order valence-corrected chi connectivity index (χ2v) is 6.09. The van der Waals surface area contributed by atoms with Crippen LogP contribution in [0.1, 0.15) is 17.0 Å². The Morgan fingerprint density at radius 1 is 1.12 bits per heavy atom. The first-order chi connectivity index (χ1) is 12.7. The number of aromatic amines is 1. The van der Waals surface area contributed by atoms with Gasteiger partial charge in [0.05, 0.1) is 11.1 Å². The second-order valence-electron chi connectivity index (χ2n) is 6.09. The molecule has 1 N–H and O–H groups in total. The highest BCUT2D eigenvalue weighted by molar-refractivity contribution is 5.94. The minimum Gasteiger partial charge on any atom is -0.454 e. The molecule has 26 heavy (non-hydrogen) atoms. The van der Waals surface area contributed by atoms with E-state index in [1.54, 1.807) is 18.2 Å². The minimum atomic E-state index is -0.202. The summed E-state index contributed by atoms with van der Waals surface area (Å²) < 4.78 is 16.7. The van der Waals surface area contributed by atoms with E-state index < -0.39 is 0 Å². The molecular formula is C20H12N2O4. The number of aromatic nitrogens is 1. The highest BCUT2D eigenvalue weighted by Gasteiger charge is 2.20. The summed E-state index contributed by atoms with van der Waals surface area (Å²) in [6, 6.07) is 14.8. The molecule has 0 saturated heterocycles. The number of ether oxygens (including phenoxy) is 2. The first-order valence-electron chi connectivity index (χ1n) is 8.09. The van der Waals surface area contributed by atoms with Gasteiger partial charge >= 0.3 is 0 Å². The molecule has 0 radical (unpaired) electrons. The summed E-state index contributed by atoms with van der Waals surface area (Å²) in [5.41, 5.74) is 2.57. The van der Waals surface area contributed by atoms with Crippen molar-refractivity contribution in [1.29, 1.82) is 5.26 Å². The Morgan fingerprint density at radius 3 is 2.85 bits per heavy atom. The lowest BCUT2D eigenvalue weighted by Crippen LogP contribution is -2.02. The van der Waals surface area contributed by atoms with Crippen molar-refractivity contribution in [2.45, 2.75) is 6.42 Å². The van der Waals surface area contributed by atoms with Crippen LogP contribution in [0, 0.1) is 11.3 Å². The molecular weight excluding hydrogens is 332 g/mol. The molecule has 2 aromatic carbocycles. The number of fused-ring (bicyclic) bond motifs is 3. The van der Waals surface area contributed by atoms with Crippen molar-refractivity contribution in [2.24, 2.45) is 0 Å². The lowest BCUT2D eigenvalue weighted by atomic mass is 10.1. The number of benzene rings is 2. The van der Waals surface area contributed by atoms with Crippen molar-refractivity contribution in [3.05, 3.63) is 69.6 Å². The van der Waals surface area contributed by atoms with E-state index in [0.29, 0.717) is 45.6 Å². The number of nitrogens with zero attached hydrogens (tertiary/aromatic N) is 1. The molecule has 0 spiro atoms. The maximum Gasteiger partial charge on any atom is 0.231 e. The zero-order valence-electron chi connectivity index (χ0n) is 13.5. The highest BCUT2D eigenvalue weighted by Crippen LogP contribution is 2.34. The Hall–Kier alpha value is -3.72. The van der Waals surface area contributed by atoms with Crippen molar-refractivity contribution in [2.75, 3.05) is 6.79 Å². The van der Waals surface area contributed by atoms with Crippen LogP contribution in [0.4, 0.5) is 0 Å². The van der Waals surface area contributed by atoms with E-state index in [9.17, 15) is 10.1 Å². The van der Waals surface area contributed by atoms with Gasteiger partial charge in [-0.1, -0.05) is 18.2 Å². The number of hydrogen-bond acceptors (Lipinski definition) is 5. The average Bonchev–Trinajstić information content (AvgIpc) is 3.26. The number of para-hydroxylation sites is 1. The fourth-order valence-corrected chi connectivity index (χ4v) is 3.32. The van der Waals surface area contributed by atoms with Crippen LogP contribution in [0.25, 0.3) is 21.9 Å². The third-order valence-corrected chi connectivity index (χ3v) is 4.53. The topological polar surface area (TPSA) is 88.2 Å². The Morgan fingerprint density at radius 2 is 1.96 bits per heavy atom. The largest absolute Gasteiger partial charge is 0.454 e. The van der Waals surface area contributed by atoms with E-state index in [2.05, 4.69) is 11.1 Å². The van der Waals surface area contributed by atoms with Crippen LogP contribution >= 0.6 is 0 Å². The Balaban J connectivity index is 1.71. The van der Waals surface area contributed by atoms with Crippen LogP contribution in [0.15, 0.2) is 51.7 Å². The molecule has 6 heteroatoms. The van der Waals surface area contributed by atoms with Crippen molar-refractivity contribution in [3.8, 4) is 17.6 Å². The average molecular weight is 344 g/mol. The zero-order chi connectivity index (χ0) is 17.7. The molecule has 126 valence electrons. The Labute approximate surface area is 147 Å². The highest BCUT2D eigenvalue weighted by atomic mass is 16.7. The van der Waals surface area contributed by atoms with Crippen molar-refractivity contribution >= 4 is 21.9 Å². The van der Waals surface area contributed by atoms with Gasteiger partial charge in [0.2, 0.25) is 12.2 Å². The first kappa shape index (κ1) is 14.6. The molecule has 4 aromatic rings. The fraction of sp³-hybridized carbons (Fsp3) is 0.100. The number of H-pyrrole nitrogens is 1. The van der Waals surface area contributed by atoms with E-state index in [-0.39, 0.29) is 17.9 Å². The minimum absolute atomic E-state index is 0.202. The van der Waals surface area contributed by atoms with Gasteiger partial charge in [0.15, 0.2) is 17.1 Å². The molecule has 1 aliphatic rings. The molecule has 3 heterocycles. The van der Waals surface area contributed by atoms with E-state index in [0.717, 1.165) is 5.56 Å². The van der Waals surface area contributed by atoms with Gasteiger partial charge in [-0.25, -0.2) is 0 Å². The van der Waals surface area contributed by atoms with Crippen LogP contribution in [0.5, 0.6) is 11.5 Å². The number of nitriles is 1. The van der Waals surface area contributed by atoms with Gasteiger partial charge in [-0.05, 0) is 29.8 Å². The number of rotatable bonds is 2. The molecule has 5 rings (SSSR count). The number of nitrogens with one attached hydrogen (secondary N) is 1. The van der Waals surface area contributed by atoms with Gasteiger partial charge in [0, 0.05) is 6.42 Å². The summed E-state index contributed by atoms with van der Waals surface area (Å²) in [4.78, 5) is 15.9. The SMILES string of the molecule is N#Cc1[nH]c(Cc2ccc3c(c2)OCO3)c2oc3ccccc3c(=O)c12. The number of hydrogen-bond donors (Lipinski definition) is 1. The van der Waals surface area contributed by atoms with Gasteiger partial charge in [-0.2, -0.15) is 5.26 Å². The molecule has 0 bridgehead atoms. The summed E-state index contributed by atoms with van der Waals surface area (Å²) in [6.07, 6.45) is 0.468. The molecule has 6 nitrogen and oxygen atoms in total. The normalized spacial score (nSPS) is 12.6. The van der Waals surface area contributed by atoms with Crippen LogP contribution in [0.3, 0.4) is 0 Å². The molecule has 0 atom stereocenters. The van der Waals surface area contributed by atoms with Crippen LogP contribution in [-0.4, -0.2) is 11.8 Å². The second kappa shape index (κ2) is 5.39. The smallest absolute Gasteiger partial charge is 0.231 e. The zero-order valence-corrected chi connectivity index (χ0v) is 13.5. The molecule has 0 aliphatic carbocycles. The third-order valence-electron chi connectivity index (χ3n) is 4.53. The van der Waals surface area contributed by atoms with E-state index in [4.69, 9.17) is 13.9 Å². The maximum atomic E-state index is 12.8. The summed E-state index contributed by atoms with van der Waals surface area (Å²) in [5, 5.41) is 10.2. The summed E-state index contributed by atoms with van der Waals surface area (Å²) in [6.45, 7) is 0.212. The maximum absolute atomic E-state index is 12.8. The monoisotopic (exact) mass is 344 g/mol. The van der Waals surface area contributed by atoms with E-state index >= 15 is 0 Å². The Bertz CT molecular complexity index is 1280. The van der Waals surface area contributed by atoms with Gasteiger partial charge in [-0.15, -0.1) is 0 Å². The molecule has 0 fully saturated rings. The predicted molar refractivity (Wildman–Crippen MR) is 94.4 cm³/mol. The van der Waals surface area contributed by atoms with Gasteiger partial charge in [0.1, 0.15) is 22.7 Å². The fourth-order valence-electron chi connectivity index (χ4n) is 3.32. The first-order valence-corrected chi connectivity index (χ1v) is 8.09. The van der Waals surface area contributed by atoms with E-state index in [1.807, 2.05) is 24.3 Å². The van der Waals surface area contributed by atoms with Crippen molar-refractivity contribution in [3.63, 3.8) is 0 Å². The van der Waals surface area contributed by atoms with Gasteiger partial charge in [-0.3, -0.25) is 4.79 Å². The van der Waals surface area contributed by atoms with Crippen LogP contribution in [-0.2, 0) is 6.42 Å². The Kier molecular flexibility index (Phi) is 3.03. The standard InChI is InChI=1S/C20H12N2O4/c21-9-14-18-19(23)12-3-1-2-4-15(12)26-20(18)13(22-14)7-11-5-6-16-17(8-11)25-10-24-16/h1-6,8,22H,7,10H2. The lowest BCUT2D eigenvalue weighted by molar-refractivity contribution is 0.174. The van der Waals surface area contributed by atoms with Crippen LogP contribution in [0.2, 0.25) is 0 Å². The molecule has 0 saturated carbocycles. The van der Waals surface area contributed by atoms with Crippen molar-refractivity contribution in [1.82, 2.24) is 4.98 Å². The quantitative estimate of drug-likeness (QED) is 0.601. The summed E-state index contributed by atoms with van der Waals surface area (Å²) >= 11 is 0. The summed E-state index contributed by atoms with van der Waals surface area (Å²) in [5.74, 6) is 1.39. The van der Waals surface area contributed by atoms with Crippen molar-refractivity contribution < 1.29 is 13.9 Å². The van der Waals surface area contributed by atoms with Crippen LogP contribution < -0.4 is 14.9 Å². The molecule has 0 unspecified atom stereocenters. The summed E-state index contributed by atoms with van der Waals surface area (Å²) in [7, 11) is 0. The molecule has 2 aromatic heterocycles. The van der Waals surface area contributed by atoms with Gasteiger partial charge < -0.3 is 18.9 Å². The lowest BCUT2D eigenvalue weighted by Gasteiger charge is -2.03.